The van der Waals surface area contributed by atoms with Crippen LogP contribution in [-0.4, -0.2) is 28.6 Å². The quantitative estimate of drug-likeness (QED) is 0.643. The van der Waals surface area contributed by atoms with Gasteiger partial charge in [0.2, 0.25) is 0 Å². The van der Waals surface area contributed by atoms with Crippen LogP contribution in [0.2, 0.25) is 0 Å². The van der Waals surface area contributed by atoms with Crippen molar-refractivity contribution in [2.75, 3.05) is 11.4 Å². The Labute approximate surface area is 131 Å². The van der Waals surface area contributed by atoms with Gasteiger partial charge in [0.15, 0.2) is 0 Å². The summed E-state index contributed by atoms with van der Waals surface area (Å²) >= 11 is 3.35. The van der Waals surface area contributed by atoms with Crippen LogP contribution in [0.3, 0.4) is 0 Å². The topological polar surface area (TPSA) is 83.7 Å². The molecule has 1 aliphatic heterocycles. The van der Waals surface area contributed by atoms with Crippen LogP contribution in [0.25, 0.3) is 0 Å². The van der Waals surface area contributed by atoms with Crippen molar-refractivity contribution in [2.45, 2.75) is 38.1 Å². The van der Waals surface area contributed by atoms with Gasteiger partial charge in [-0.25, -0.2) is 0 Å². The van der Waals surface area contributed by atoms with Crippen molar-refractivity contribution in [3.63, 3.8) is 0 Å². The zero-order valence-corrected chi connectivity index (χ0v) is 13.1. The Balaban J connectivity index is 2.30. The first-order chi connectivity index (χ1) is 9.99. The second-order valence-electron chi connectivity index (χ2n) is 5.17. The van der Waals surface area contributed by atoms with Gasteiger partial charge in [0.05, 0.1) is 4.92 Å². The minimum atomic E-state index is -0.829. The number of nitrogens with zero attached hydrogens (tertiary/aromatic N) is 2. The summed E-state index contributed by atoms with van der Waals surface area (Å²) in [5.74, 6) is -0.829. The number of nitro groups is 1. The van der Waals surface area contributed by atoms with E-state index in [1.807, 2.05) is 4.90 Å². The number of halogens is 1. The lowest BCUT2D eigenvalue weighted by molar-refractivity contribution is -0.384. The van der Waals surface area contributed by atoms with Gasteiger partial charge >= 0.3 is 5.97 Å². The molecule has 1 saturated heterocycles. The van der Waals surface area contributed by atoms with Crippen LogP contribution in [0.15, 0.2) is 22.7 Å². The molecule has 1 fully saturated rings. The molecule has 1 aromatic rings. The Morgan fingerprint density at radius 3 is 2.90 bits per heavy atom. The molecular weight excluding hydrogens is 340 g/mol. The summed E-state index contributed by atoms with van der Waals surface area (Å²) in [6.07, 6.45) is 3.47. The molecule has 0 saturated carbocycles. The molecule has 1 aromatic carbocycles. The molecule has 0 bridgehead atoms. The summed E-state index contributed by atoms with van der Waals surface area (Å²) < 4.78 is 0.783. The first kappa shape index (κ1) is 15.8. The third kappa shape index (κ3) is 3.93. The smallest absolute Gasteiger partial charge is 0.303 e. The Hall–Kier alpha value is -1.63. The van der Waals surface area contributed by atoms with E-state index >= 15 is 0 Å². The predicted molar refractivity (Wildman–Crippen MR) is 82.7 cm³/mol. The number of anilines is 1. The molecular formula is C14H17BrN2O4. The van der Waals surface area contributed by atoms with Gasteiger partial charge in [-0.1, -0.05) is 15.9 Å². The number of carboxylic acid groups (broad SMARTS) is 1. The van der Waals surface area contributed by atoms with Crippen molar-refractivity contribution in [1.29, 1.82) is 0 Å². The number of hydrogen-bond acceptors (Lipinski definition) is 4. The van der Waals surface area contributed by atoms with Crippen LogP contribution in [0, 0.1) is 10.1 Å². The second kappa shape index (κ2) is 6.89. The van der Waals surface area contributed by atoms with Crippen molar-refractivity contribution in [3.8, 4) is 0 Å². The number of nitro benzene ring substituents is 1. The highest BCUT2D eigenvalue weighted by Gasteiger charge is 2.28. The van der Waals surface area contributed by atoms with Crippen molar-refractivity contribution >= 4 is 33.3 Å². The first-order valence-corrected chi connectivity index (χ1v) is 7.70. The molecule has 0 radical (unpaired) electrons. The molecule has 114 valence electrons. The second-order valence-corrected chi connectivity index (χ2v) is 6.08. The molecule has 2 rings (SSSR count). The fraction of sp³-hybridized carbons (Fsp3) is 0.500. The molecule has 1 atom stereocenters. The van der Waals surface area contributed by atoms with E-state index in [1.165, 1.54) is 6.07 Å². The monoisotopic (exact) mass is 356 g/mol. The van der Waals surface area contributed by atoms with E-state index in [-0.39, 0.29) is 23.1 Å². The third-order valence-corrected chi connectivity index (χ3v) is 4.26. The maximum atomic E-state index is 11.2. The molecule has 0 amide bonds. The van der Waals surface area contributed by atoms with Gasteiger partial charge in [-0.3, -0.25) is 14.9 Å². The van der Waals surface area contributed by atoms with Crippen molar-refractivity contribution in [2.24, 2.45) is 0 Å². The number of piperidine rings is 1. The van der Waals surface area contributed by atoms with Gasteiger partial charge in [-0.2, -0.15) is 0 Å². The predicted octanol–water partition coefficient (Wildman–Crippen LogP) is 3.58. The molecule has 1 unspecified atom stereocenters. The van der Waals surface area contributed by atoms with Gasteiger partial charge in [-0.05, 0) is 37.8 Å². The summed E-state index contributed by atoms with van der Waals surface area (Å²) in [7, 11) is 0. The number of hydrogen-bond donors (Lipinski definition) is 1. The van der Waals surface area contributed by atoms with E-state index < -0.39 is 5.97 Å². The molecule has 7 heteroatoms. The molecule has 0 spiro atoms. The minimum absolute atomic E-state index is 0.0443. The zero-order chi connectivity index (χ0) is 15.4. The summed E-state index contributed by atoms with van der Waals surface area (Å²) in [6, 6.07) is 4.93. The molecule has 6 nitrogen and oxygen atoms in total. The largest absolute Gasteiger partial charge is 0.481 e. The average molecular weight is 357 g/mol. The van der Waals surface area contributed by atoms with Gasteiger partial charge in [0, 0.05) is 29.5 Å². The molecule has 1 heterocycles. The molecule has 0 aromatic heterocycles. The SMILES string of the molecule is O=C(O)CCC1CCCCN1c1cc(Br)ccc1[N+](=O)[O-]. The van der Waals surface area contributed by atoms with Crippen LogP contribution in [0.4, 0.5) is 11.4 Å². The van der Waals surface area contributed by atoms with E-state index in [9.17, 15) is 14.9 Å². The molecule has 21 heavy (non-hydrogen) atoms. The Bertz CT molecular complexity index is 550. The average Bonchev–Trinajstić information content (AvgIpc) is 2.45. The van der Waals surface area contributed by atoms with Crippen LogP contribution in [-0.2, 0) is 4.79 Å². The van der Waals surface area contributed by atoms with Crippen LogP contribution in [0.1, 0.15) is 32.1 Å². The highest BCUT2D eigenvalue weighted by molar-refractivity contribution is 9.10. The van der Waals surface area contributed by atoms with Crippen LogP contribution in [0.5, 0.6) is 0 Å². The van der Waals surface area contributed by atoms with Crippen molar-refractivity contribution in [1.82, 2.24) is 0 Å². The highest BCUT2D eigenvalue weighted by atomic mass is 79.9. The molecule has 1 N–H and O–H groups in total. The van der Waals surface area contributed by atoms with Gasteiger partial charge in [0.25, 0.3) is 5.69 Å². The number of rotatable bonds is 5. The standard InChI is InChI=1S/C14H17BrN2O4/c15-10-4-6-12(17(20)21)13(9-10)16-8-2-1-3-11(16)5-7-14(18)19/h4,6,9,11H,1-3,5,7-8H2,(H,18,19). The fourth-order valence-electron chi connectivity index (χ4n) is 2.79. The number of benzene rings is 1. The Kier molecular flexibility index (Phi) is 5.17. The summed E-state index contributed by atoms with van der Waals surface area (Å²) in [5, 5.41) is 20.1. The van der Waals surface area contributed by atoms with Gasteiger partial charge in [0.1, 0.15) is 5.69 Å². The Morgan fingerprint density at radius 1 is 1.48 bits per heavy atom. The molecule has 0 aliphatic carbocycles. The van der Waals surface area contributed by atoms with E-state index in [0.29, 0.717) is 12.1 Å². The van der Waals surface area contributed by atoms with Crippen molar-refractivity contribution in [3.05, 3.63) is 32.8 Å². The zero-order valence-electron chi connectivity index (χ0n) is 11.5. The van der Waals surface area contributed by atoms with E-state index in [2.05, 4.69) is 15.9 Å². The lowest BCUT2D eigenvalue weighted by Gasteiger charge is -2.37. The minimum Gasteiger partial charge on any atom is -0.481 e. The maximum Gasteiger partial charge on any atom is 0.303 e. The first-order valence-electron chi connectivity index (χ1n) is 6.91. The lowest BCUT2D eigenvalue weighted by atomic mass is 9.97. The summed E-state index contributed by atoms with van der Waals surface area (Å²) in [6.45, 7) is 0.724. The molecule has 1 aliphatic rings. The van der Waals surface area contributed by atoms with Crippen LogP contribution >= 0.6 is 15.9 Å². The van der Waals surface area contributed by atoms with E-state index in [1.54, 1.807) is 12.1 Å². The van der Waals surface area contributed by atoms with Gasteiger partial charge < -0.3 is 10.0 Å². The normalized spacial score (nSPS) is 18.5. The van der Waals surface area contributed by atoms with E-state index in [0.717, 1.165) is 30.3 Å². The van der Waals surface area contributed by atoms with Gasteiger partial charge in [-0.15, -0.1) is 0 Å². The van der Waals surface area contributed by atoms with Crippen molar-refractivity contribution < 1.29 is 14.8 Å². The Morgan fingerprint density at radius 2 is 2.24 bits per heavy atom. The fourth-order valence-corrected chi connectivity index (χ4v) is 3.14. The van der Waals surface area contributed by atoms with Crippen LogP contribution < -0.4 is 4.90 Å². The summed E-state index contributed by atoms with van der Waals surface area (Å²) in [4.78, 5) is 23.6. The maximum absolute atomic E-state index is 11.2. The number of carbonyl (C=O) groups is 1. The third-order valence-electron chi connectivity index (χ3n) is 3.76. The highest BCUT2D eigenvalue weighted by Crippen LogP contribution is 2.36. The number of aliphatic carboxylic acids is 1. The van der Waals surface area contributed by atoms with E-state index in [4.69, 9.17) is 5.11 Å². The summed E-state index contributed by atoms with van der Waals surface area (Å²) in [5.41, 5.74) is 0.643. The lowest BCUT2D eigenvalue weighted by Crippen LogP contribution is -2.40. The number of carboxylic acids is 1.